The van der Waals surface area contributed by atoms with Gasteiger partial charge in [0.25, 0.3) is 5.91 Å². The molecule has 1 aliphatic rings. The Morgan fingerprint density at radius 3 is 2.36 bits per heavy atom. The molecule has 0 unspecified atom stereocenters. The third-order valence-electron chi connectivity index (χ3n) is 6.89. The summed E-state index contributed by atoms with van der Waals surface area (Å²) in [6, 6.07) is 13.5. The highest BCUT2D eigenvalue weighted by atomic mass is 19.4. The molecular formula is C27H31F3N4O2. The van der Waals surface area contributed by atoms with Crippen LogP contribution in [0.25, 0.3) is 10.9 Å². The Morgan fingerprint density at radius 1 is 1.03 bits per heavy atom. The van der Waals surface area contributed by atoms with Gasteiger partial charge in [-0.15, -0.1) is 0 Å². The van der Waals surface area contributed by atoms with E-state index >= 15 is 0 Å². The van der Waals surface area contributed by atoms with E-state index in [1.165, 1.54) is 0 Å². The number of methoxy groups -OCH3 is 1. The summed E-state index contributed by atoms with van der Waals surface area (Å²) in [6.07, 6.45) is -1.57. The largest absolute Gasteiger partial charge is 0.496 e. The first-order valence-electron chi connectivity index (χ1n) is 11.9. The number of aromatic nitrogens is 1. The normalized spacial score (nSPS) is 18.1. The van der Waals surface area contributed by atoms with Gasteiger partial charge in [-0.1, -0.05) is 18.2 Å². The minimum Gasteiger partial charge on any atom is -0.496 e. The quantitative estimate of drug-likeness (QED) is 0.484. The van der Waals surface area contributed by atoms with E-state index in [-0.39, 0.29) is 18.0 Å². The molecule has 36 heavy (non-hydrogen) atoms. The second-order valence-corrected chi connectivity index (χ2v) is 9.41. The second-order valence-electron chi connectivity index (χ2n) is 9.41. The molecule has 1 aliphatic carbocycles. The molecule has 1 heterocycles. The number of fused-ring (bicyclic) bond motifs is 1. The standard InChI is InChI=1S/C27H31F3N4O2/c1-33(2)19-13-14-21(24(15-19)36-4)26(35)31-17-9-11-18(12-10-17)34(3)23-16-25(27(28,29)30)32-22-8-6-5-7-20(22)23/h5-8,13-18H,9-12H2,1-4H3,(H,31,35). The number of alkyl halides is 3. The van der Waals surface area contributed by atoms with Crippen molar-refractivity contribution in [2.75, 3.05) is 38.1 Å². The maximum atomic E-state index is 13.5. The summed E-state index contributed by atoms with van der Waals surface area (Å²) in [5.74, 6) is 0.320. The molecule has 1 saturated carbocycles. The van der Waals surface area contributed by atoms with Crippen LogP contribution >= 0.6 is 0 Å². The van der Waals surface area contributed by atoms with Gasteiger partial charge in [0, 0.05) is 56.1 Å². The Morgan fingerprint density at radius 2 is 1.72 bits per heavy atom. The molecule has 192 valence electrons. The number of rotatable bonds is 6. The monoisotopic (exact) mass is 500 g/mol. The van der Waals surface area contributed by atoms with Crippen LogP contribution in [-0.2, 0) is 6.18 Å². The Kier molecular flexibility index (Phi) is 7.28. The highest BCUT2D eigenvalue weighted by Crippen LogP contribution is 2.36. The van der Waals surface area contributed by atoms with Crippen LogP contribution in [0.5, 0.6) is 5.75 Å². The molecule has 0 radical (unpaired) electrons. The first-order chi connectivity index (χ1) is 17.1. The predicted octanol–water partition coefficient (Wildman–Crippen LogP) is 5.51. The van der Waals surface area contributed by atoms with Crippen molar-refractivity contribution < 1.29 is 22.7 Å². The number of amides is 1. The number of ether oxygens (including phenoxy) is 1. The number of halogens is 3. The molecule has 0 spiro atoms. The number of anilines is 2. The third kappa shape index (κ3) is 5.34. The lowest BCUT2D eigenvalue weighted by Crippen LogP contribution is -2.43. The van der Waals surface area contributed by atoms with E-state index in [0.717, 1.165) is 37.4 Å². The van der Waals surface area contributed by atoms with E-state index in [1.54, 1.807) is 37.4 Å². The topological polar surface area (TPSA) is 57.7 Å². The van der Waals surface area contributed by atoms with E-state index in [9.17, 15) is 18.0 Å². The Hall–Kier alpha value is -3.49. The molecule has 0 aliphatic heterocycles. The summed E-state index contributed by atoms with van der Waals surface area (Å²) in [4.78, 5) is 20.7. The molecule has 1 fully saturated rings. The number of para-hydroxylation sites is 1. The summed E-state index contributed by atoms with van der Waals surface area (Å²) in [6.45, 7) is 0. The minimum atomic E-state index is -4.52. The van der Waals surface area contributed by atoms with Crippen LogP contribution in [0, 0.1) is 0 Å². The van der Waals surface area contributed by atoms with Gasteiger partial charge < -0.3 is 19.9 Å². The summed E-state index contributed by atoms with van der Waals surface area (Å²) < 4.78 is 45.9. The number of nitrogens with zero attached hydrogens (tertiary/aromatic N) is 3. The second kappa shape index (κ2) is 10.2. The molecular weight excluding hydrogens is 469 g/mol. The minimum absolute atomic E-state index is 0.0136. The van der Waals surface area contributed by atoms with Crippen molar-refractivity contribution in [2.24, 2.45) is 0 Å². The van der Waals surface area contributed by atoms with E-state index in [0.29, 0.717) is 27.9 Å². The zero-order valence-corrected chi connectivity index (χ0v) is 20.9. The van der Waals surface area contributed by atoms with Crippen LogP contribution < -0.4 is 19.9 Å². The van der Waals surface area contributed by atoms with Crippen LogP contribution in [0.2, 0.25) is 0 Å². The Balaban J connectivity index is 1.45. The number of hydrogen-bond donors (Lipinski definition) is 1. The van der Waals surface area contributed by atoms with Crippen molar-refractivity contribution in [1.82, 2.24) is 10.3 Å². The van der Waals surface area contributed by atoms with Crippen molar-refractivity contribution >= 4 is 28.2 Å². The van der Waals surface area contributed by atoms with Gasteiger partial charge in [-0.3, -0.25) is 4.79 Å². The zero-order chi connectivity index (χ0) is 26.0. The molecule has 2 aromatic carbocycles. The highest BCUT2D eigenvalue weighted by molar-refractivity contribution is 5.97. The van der Waals surface area contributed by atoms with Crippen LogP contribution in [0.1, 0.15) is 41.7 Å². The Labute approximate surface area is 209 Å². The highest BCUT2D eigenvalue weighted by Gasteiger charge is 2.34. The van der Waals surface area contributed by atoms with Crippen molar-refractivity contribution in [3.8, 4) is 5.75 Å². The van der Waals surface area contributed by atoms with Crippen LogP contribution in [-0.4, -0.2) is 51.2 Å². The zero-order valence-electron chi connectivity index (χ0n) is 20.9. The van der Waals surface area contributed by atoms with Crippen molar-refractivity contribution in [1.29, 1.82) is 0 Å². The fraction of sp³-hybridized carbons (Fsp3) is 0.407. The number of hydrogen-bond acceptors (Lipinski definition) is 5. The summed E-state index contributed by atoms with van der Waals surface area (Å²) in [5.41, 5.74) is 1.36. The number of nitrogens with one attached hydrogen (secondary N) is 1. The summed E-state index contributed by atoms with van der Waals surface area (Å²) in [5, 5.41) is 3.80. The molecule has 0 saturated heterocycles. The van der Waals surface area contributed by atoms with Crippen molar-refractivity contribution in [2.45, 2.75) is 43.9 Å². The average molecular weight is 501 g/mol. The third-order valence-corrected chi connectivity index (χ3v) is 6.89. The van der Waals surface area contributed by atoms with Gasteiger partial charge in [0.1, 0.15) is 11.4 Å². The molecule has 0 bridgehead atoms. The fourth-order valence-electron chi connectivity index (χ4n) is 4.81. The van der Waals surface area contributed by atoms with E-state index < -0.39 is 11.9 Å². The van der Waals surface area contributed by atoms with Gasteiger partial charge in [0.2, 0.25) is 0 Å². The van der Waals surface area contributed by atoms with Crippen molar-refractivity contribution in [3.63, 3.8) is 0 Å². The lowest BCUT2D eigenvalue weighted by Gasteiger charge is -2.37. The SMILES string of the molecule is COc1cc(N(C)C)ccc1C(=O)NC1CCC(N(C)c2cc(C(F)(F)F)nc3ccccc23)CC1. The first kappa shape index (κ1) is 25.6. The average Bonchev–Trinajstić information content (AvgIpc) is 2.87. The number of pyridine rings is 1. The van der Waals surface area contributed by atoms with Crippen LogP contribution in [0.3, 0.4) is 0 Å². The van der Waals surface area contributed by atoms with Gasteiger partial charge in [-0.05, 0) is 49.9 Å². The molecule has 9 heteroatoms. The Bertz CT molecular complexity index is 1240. The van der Waals surface area contributed by atoms with Gasteiger partial charge in [0.15, 0.2) is 0 Å². The molecule has 3 aromatic rings. The summed E-state index contributed by atoms with van der Waals surface area (Å²) >= 11 is 0. The van der Waals surface area contributed by atoms with Crippen LogP contribution in [0.15, 0.2) is 48.5 Å². The molecule has 1 aromatic heterocycles. The predicted molar refractivity (Wildman–Crippen MR) is 136 cm³/mol. The number of benzene rings is 2. The number of carbonyl (C=O) groups is 1. The maximum absolute atomic E-state index is 13.5. The molecule has 1 N–H and O–H groups in total. The smallest absolute Gasteiger partial charge is 0.433 e. The molecule has 4 rings (SSSR count). The maximum Gasteiger partial charge on any atom is 0.433 e. The molecule has 1 amide bonds. The molecule has 0 atom stereocenters. The van der Waals surface area contributed by atoms with Gasteiger partial charge in [-0.2, -0.15) is 13.2 Å². The van der Waals surface area contributed by atoms with Crippen molar-refractivity contribution in [3.05, 3.63) is 59.8 Å². The van der Waals surface area contributed by atoms with Gasteiger partial charge in [0.05, 0.1) is 18.2 Å². The van der Waals surface area contributed by atoms with Gasteiger partial charge >= 0.3 is 6.18 Å². The van der Waals surface area contributed by atoms with E-state index in [1.807, 2.05) is 43.1 Å². The van der Waals surface area contributed by atoms with E-state index in [2.05, 4.69) is 10.3 Å². The summed E-state index contributed by atoms with van der Waals surface area (Å²) in [7, 11) is 7.22. The lowest BCUT2D eigenvalue weighted by atomic mass is 9.89. The fourth-order valence-corrected chi connectivity index (χ4v) is 4.81. The van der Waals surface area contributed by atoms with Gasteiger partial charge in [-0.25, -0.2) is 4.98 Å². The number of carbonyl (C=O) groups excluding carboxylic acids is 1. The lowest BCUT2D eigenvalue weighted by molar-refractivity contribution is -0.140. The first-order valence-corrected chi connectivity index (χ1v) is 11.9. The van der Waals surface area contributed by atoms with Crippen LogP contribution in [0.4, 0.5) is 24.5 Å². The van der Waals surface area contributed by atoms with E-state index in [4.69, 9.17) is 4.74 Å². The molecule has 6 nitrogen and oxygen atoms in total.